The lowest BCUT2D eigenvalue weighted by molar-refractivity contribution is 0.209. The molecule has 0 radical (unpaired) electrons. The number of fused-ring (bicyclic) bond motifs is 1. The maximum atomic E-state index is 14.7. The second-order valence-electron chi connectivity index (χ2n) is 7.28. The monoisotopic (exact) mass is 477 g/mol. The van der Waals surface area contributed by atoms with Crippen LogP contribution in [0.2, 0.25) is 0 Å². The summed E-state index contributed by atoms with van der Waals surface area (Å²) in [5, 5.41) is 2.64. The third kappa shape index (κ3) is 4.63. The van der Waals surface area contributed by atoms with Crippen molar-refractivity contribution in [2.45, 2.75) is 24.1 Å². The first-order chi connectivity index (χ1) is 15.7. The minimum absolute atomic E-state index is 0.103. The molecule has 4 rings (SSSR count). The van der Waals surface area contributed by atoms with Crippen LogP contribution in [0.4, 0.5) is 23.8 Å². The van der Waals surface area contributed by atoms with Crippen LogP contribution in [0.1, 0.15) is 18.1 Å². The normalized spacial score (nSPS) is 13.5. The molecule has 1 aliphatic rings. The van der Waals surface area contributed by atoms with Crippen molar-refractivity contribution in [3.8, 4) is 11.5 Å². The van der Waals surface area contributed by atoms with Crippen LogP contribution in [0.5, 0.6) is 11.5 Å². The van der Waals surface area contributed by atoms with Gasteiger partial charge in [0.1, 0.15) is 11.6 Å². The molecule has 1 N–H and O–H groups in total. The molecule has 0 fully saturated rings. The van der Waals surface area contributed by atoms with Crippen molar-refractivity contribution in [1.29, 1.82) is 0 Å². The summed E-state index contributed by atoms with van der Waals surface area (Å²) in [4.78, 5) is 17.2. The van der Waals surface area contributed by atoms with Gasteiger partial charge in [-0.15, -0.1) is 0 Å². The van der Waals surface area contributed by atoms with Crippen molar-refractivity contribution >= 4 is 21.7 Å². The summed E-state index contributed by atoms with van der Waals surface area (Å²) in [5.74, 6) is -3.43. The zero-order valence-corrected chi connectivity index (χ0v) is 18.1. The molecular formula is C22H18F3N3O4S. The van der Waals surface area contributed by atoms with Crippen molar-refractivity contribution < 1.29 is 31.1 Å². The third-order valence-electron chi connectivity index (χ3n) is 5.08. The number of aromatic nitrogens is 1. The number of hydrogen-bond acceptors (Lipinski definition) is 5. The van der Waals surface area contributed by atoms with Crippen LogP contribution in [0, 0.1) is 17.5 Å². The minimum atomic E-state index is -4.04. The van der Waals surface area contributed by atoms with Crippen LogP contribution in [0.25, 0.3) is 0 Å². The Labute approximate surface area is 187 Å². The SMILES string of the molecule is CCN1Cc2c(Oc3ccc(CS(=O)(=O)c4ccc(F)c(F)c4)cc3F)ccnc2NC1=O. The number of carbonyl (C=O) groups is 1. The number of anilines is 1. The lowest BCUT2D eigenvalue weighted by Crippen LogP contribution is -2.38. The maximum absolute atomic E-state index is 14.7. The Morgan fingerprint density at radius 1 is 1.03 bits per heavy atom. The van der Waals surface area contributed by atoms with E-state index in [2.05, 4.69) is 10.3 Å². The van der Waals surface area contributed by atoms with Crippen LogP contribution in [0.3, 0.4) is 0 Å². The second-order valence-corrected chi connectivity index (χ2v) is 9.27. The molecule has 0 spiro atoms. The first-order valence-electron chi connectivity index (χ1n) is 9.86. The van der Waals surface area contributed by atoms with E-state index in [-0.39, 0.29) is 23.9 Å². The van der Waals surface area contributed by atoms with Gasteiger partial charge in [0.2, 0.25) is 0 Å². The summed E-state index contributed by atoms with van der Waals surface area (Å²) in [6, 6.07) is 7.13. The molecule has 2 aromatic carbocycles. The minimum Gasteiger partial charge on any atom is -0.454 e. The molecule has 0 aliphatic carbocycles. The number of halogens is 3. The summed E-state index contributed by atoms with van der Waals surface area (Å²) in [6.45, 7) is 2.50. The lowest BCUT2D eigenvalue weighted by Gasteiger charge is -2.28. The summed E-state index contributed by atoms with van der Waals surface area (Å²) < 4.78 is 72.0. The van der Waals surface area contributed by atoms with Crippen LogP contribution in [0.15, 0.2) is 53.6 Å². The average Bonchev–Trinajstić information content (AvgIpc) is 2.76. The fourth-order valence-electron chi connectivity index (χ4n) is 3.34. The first kappa shape index (κ1) is 22.6. The summed E-state index contributed by atoms with van der Waals surface area (Å²) in [7, 11) is -4.04. The fourth-order valence-corrected chi connectivity index (χ4v) is 4.68. The summed E-state index contributed by atoms with van der Waals surface area (Å²) in [6.07, 6.45) is 1.41. The Kier molecular flexibility index (Phi) is 5.98. The van der Waals surface area contributed by atoms with Gasteiger partial charge in [-0.2, -0.15) is 0 Å². The van der Waals surface area contributed by atoms with Gasteiger partial charge < -0.3 is 9.64 Å². The Morgan fingerprint density at radius 3 is 2.52 bits per heavy atom. The van der Waals surface area contributed by atoms with Crippen LogP contribution in [-0.4, -0.2) is 30.9 Å². The number of benzene rings is 2. The van der Waals surface area contributed by atoms with E-state index in [4.69, 9.17) is 4.74 Å². The maximum Gasteiger partial charge on any atom is 0.323 e. The number of pyridine rings is 1. The van der Waals surface area contributed by atoms with Gasteiger partial charge >= 0.3 is 6.03 Å². The number of hydrogen-bond donors (Lipinski definition) is 1. The molecule has 172 valence electrons. The van der Waals surface area contributed by atoms with Gasteiger partial charge in [0.15, 0.2) is 33.0 Å². The Balaban J connectivity index is 1.56. The van der Waals surface area contributed by atoms with Crippen LogP contribution < -0.4 is 10.1 Å². The van der Waals surface area contributed by atoms with Gasteiger partial charge in [0.25, 0.3) is 0 Å². The number of sulfone groups is 1. The predicted molar refractivity (Wildman–Crippen MR) is 113 cm³/mol. The zero-order valence-electron chi connectivity index (χ0n) is 17.3. The van der Waals surface area contributed by atoms with Crippen molar-refractivity contribution in [3.63, 3.8) is 0 Å². The number of carbonyl (C=O) groups excluding carboxylic acids is 1. The van der Waals surface area contributed by atoms with E-state index >= 15 is 0 Å². The standard InChI is InChI=1S/C22H18F3N3O4S/c1-2-28-11-15-19(7-8-26-21(15)27-22(28)29)32-20-6-3-13(9-18(20)25)12-33(30,31)14-4-5-16(23)17(24)10-14/h3-10H,2,11-12H2,1H3,(H,26,27,29). The number of rotatable bonds is 6. The van der Waals surface area contributed by atoms with E-state index in [1.165, 1.54) is 29.3 Å². The molecule has 0 bridgehead atoms. The predicted octanol–water partition coefficient (Wildman–Crippen LogP) is 4.63. The van der Waals surface area contributed by atoms with Gasteiger partial charge in [-0.3, -0.25) is 5.32 Å². The van der Waals surface area contributed by atoms with E-state index in [0.29, 0.717) is 29.7 Å². The average molecular weight is 477 g/mol. The molecule has 2 amide bonds. The highest BCUT2D eigenvalue weighted by Crippen LogP contribution is 2.34. The third-order valence-corrected chi connectivity index (χ3v) is 6.76. The molecule has 33 heavy (non-hydrogen) atoms. The van der Waals surface area contributed by atoms with E-state index in [0.717, 1.165) is 18.2 Å². The Bertz CT molecular complexity index is 1350. The molecule has 0 unspecified atom stereocenters. The van der Waals surface area contributed by atoms with Crippen molar-refractivity contribution in [3.05, 3.63) is 77.2 Å². The van der Waals surface area contributed by atoms with Gasteiger partial charge in [0.05, 0.1) is 22.8 Å². The number of ether oxygens (including phenoxy) is 1. The molecule has 7 nitrogen and oxygen atoms in total. The zero-order chi connectivity index (χ0) is 23.8. The van der Waals surface area contributed by atoms with E-state index in [9.17, 15) is 26.4 Å². The largest absolute Gasteiger partial charge is 0.454 e. The molecule has 1 aliphatic heterocycles. The van der Waals surface area contributed by atoms with Gasteiger partial charge in [-0.05, 0) is 48.9 Å². The van der Waals surface area contributed by atoms with Crippen molar-refractivity contribution in [2.24, 2.45) is 0 Å². The summed E-state index contributed by atoms with van der Waals surface area (Å²) >= 11 is 0. The van der Waals surface area contributed by atoms with Gasteiger partial charge in [-0.25, -0.2) is 31.4 Å². The number of urea groups is 1. The topological polar surface area (TPSA) is 88.6 Å². The molecule has 1 aromatic heterocycles. The lowest BCUT2D eigenvalue weighted by atomic mass is 10.2. The number of nitrogens with one attached hydrogen (secondary N) is 1. The number of amides is 2. The molecule has 0 atom stereocenters. The van der Waals surface area contributed by atoms with E-state index in [1.807, 2.05) is 6.92 Å². The van der Waals surface area contributed by atoms with Gasteiger partial charge in [0, 0.05) is 12.7 Å². The second kappa shape index (κ2) is 8.74. The number of nitrogens with zero attached hydrogens (tertiary/aromatic N) is 2. The Morgan fingerprint density at radius 2 is 1.82 bits per heavy atom. The van der Waals surface area contributed by atoms with Crippen LogP contribution >= 0.6 is 0 Å². The highest BCUT2D eigenvalue weighted by atomic mass is 32.2. The molecule has 3 aromatic rings. The first-order valence-corrected chi connectivity index (χ1v) is 11.5. The van der Waals surface area contributed by atoms with Crippen molar-refractivity contribution in [2.75, 3.05) is 11.9 Å². The molecule has 11 heteroatoms. The summed E-state index contributed by atoms with van der Waals surface area (Å²) in [5.41, 5.74) is 0.675. The Hall–Kier alpha value is -3.60. The van der Waals surface area contributed by atoms with E-state index < -0.39 is 37.9 Å². The fraction of sp³-hybridized carbons (Fsp3) is 0.182. The smallest absolute Gasteiger partial charge is 0.323 e. The van der Waals surface area contributed by atoms with E-state index in [1.54, 1.807) is 0 Å². The molecule has 0 saturated heterocycles. The van der Waals surface area contributed by atoms with Crippen LogP contribution in [-0.2, 0) is 22.1 Å². The quantitative estimate of drug-likeness (QED) is 0.523. The highest BCUT2D eigenvalue weighted by molar-refractivity contribution is 7.90. The van der Waals surface area contributed by atoms with Crippen molar-refractivity contribution in [1.82, 2.24) is 9.88 Å². The molecule has 2 heterocycles. The highest BCUT2D eigenvalue weighted by Gasteiger charge is 2.26. The molecule has 0 saturated carbocycles. The van der Waals surface area contributed by atoms with Gasteiger partial charge in [-0.1, -0.05) is 6.07 Å². The molecular weight excluding hydrogens is 459 g/mol.